The molecule has 132 valence electrons. The number of amides is 1. The Balaban J connectivity index is 1.57. The van der Waals surface area contributed by atoms with E-state index in [0.717, 1.165) is 36.6 Å². The number of hydrogen-bond acceptors (Lipinski definition) is 6. The van der Waals surface area contributed by atoms with Crippen molar-refractivity contribution in [2.75, 3.05) is 37.0 Å². The maximum atomic E-state index is 12.6. The van der Waals surface area contributed by atoms with Crippen molar-refractivity contribution in [2.45, 2.75) is 19.4 Å². The summed E-state index contributed by atoms with van der Waals surface area (Å²) in [5.74, 6) is 1.80. The van der Waals surface area contributed by atoms with Gasteiger partial charge in [0.05, 0.1) is 12.1 Å². The molecule has 3 rings (SSSR count). The van der Waals surface area contributed by atoms with Crippen LogP contribution in [-0.4, -0.2) is 48.0 Å². The molecular formula is C18H24N6O. The van der Waals surface area contributed by atoms with Gasteiger partial charge in [0.1, 0.15) is 11.6 Å². The van der Waals surface area contributed by atoms with Crippen molar-refractivity contribution in [1.82, 2.24) is 20.3 Å². The summed E-state index contributed by atoms with van der Waals surface area (Å²) >= 11 is 0. The molecule has 0 radical (unpaired) electrons. The molecule has 25 heavy (non-hydrogen) atoms. The van der Waals surface area contributed by atoms with E-state index < -0.39 is 0 Å². The minimum Gasteiger partial charge on any atom is -0.363 e. The molecule has 7 heteroatoms. The molecule has 1 aliphatic rings. The first-order valence-corrected chi connectivity index (χ1v) is 8.54. The lowest BCUT2D eigenvalue weighted by Crippen LogP contribution is -2.43. The van der Waals surface area contributed by atoms with Crippen molar-refractivity contribution >= 4 is 17.5 Å². The molecule has 0 saturated carbocycles. The van der Waals surface area contributed by atoms with Gasteiger partial charge in [-0.1, -0.05) is 0 Å². The first-order valence-electron chi connectivity index (χ1n) is 8.54. The fourth-order valence-corrected chi connectivity index (χ4v) is 3.00. The highest BCUT2D eigenvalue weighted by Gasteiger charge is 2.26. The lowest BCUT2D eigenvalue weighted by atomic mass is 9.97. The van der Waals surface area contributed by atoms with Crippen LogP contribution in [0, 0.1) is 5.92 Å². The summed E-state index contributed by atoms with van der Waals surface area (Å²) in [5.41, 5.74) is 1.05. The average Bonchev–Trinajstić information content (AvgIpc) is 2.67. The molecule has 2 aromatic rings. The standard InChI is InChI=1S/C18H24N6O/c1-23(2)16-10-14(5-6-20-16)11-22-18(25)15-4-3-9-24(13-15)17-12-19-7-8-21-17/h5-8,10,12,15H,3-4,9,11,13H2,1-2H3,(H,22,25). The summed E-state index contributed by atoms with van der Waals surface area (Å²) in [6, 6.07) is 3.92. The Morgan fingerprint density at radius 3 is 2.96 bits per heavy atom. The van der Waals surface area contributed by atoms with Gasteiger partial charge in [0.25, 0.3) is 0 Å². The second kappa shape index (κ2) is 7.92. The molecule has 1 saturated heterocycles. The first kappa shape index (κ1) is 17.1. The molecule has 7 nitrogen and oxygen atoms in total. The Kier molecular flexibility index (Phi) is 5.42. The third-order valence-electron chi connectivity index (χ3n) is 4.40. The lowest BCUT2D eigenvalue weighted by Gasteiger charge is -2.32. The number of nitrogens with zero attached hydrogens (tertiary/aromatic N) is 5. The zero-order valence-electron chi connectivity index (χ0n) is 14.7. The Morgan fingerprint density at radius 1 is 1.32 bits per heavy atom. The van der Waals surface area contributed by atoms with E-state index in [9.17, 15) is 4.79 Å². The van der Waals surface area contributed by atoms with Crippen LogP contribution in [0.3, 0.4) is 0 Å². The lowest BCUT2D eigenvalue weighted by molar-refractivity contribution is -0.125. The molecule has 0 aromatic carbocycles. The van der Waals surface area contributed by atoms with Gasteiger partial charge >= 0.3 is 0 Å². The summed E-state index contributed by atoms with van der Waals surface area (Å²) in [6.07, 6.45) is 8.75. The molecule has 1 aliphatic heterocycles. The molecule has 0 spiro atoms. The second-order valence-corrected chi connectivity index (χ2v) is 6.48. The summed E-state index contributed by atoms with van der Waals surface area (Å²) in [6.45, 7) is 2.12. The van der Waals surface area contributed by atoms with E-state index in [-0.39, 0.29) is 11.8 Å². The van der Waals surface area contributed by atoms with Crippen molar-refractivity contribution in [3.63, 3.8) is 0 Å². The van der Waals surface area contributed by atoms with E-state index in [1.165, 1.54) is 0 Å². The maximum absolute atomic E-state index is 12.6. The molecular weight excluding hydrogens is 316 g/mol. The monoisotopic (exact) mass is 340 g/mol. The molecule has 1 atom stereocenters. The number of aromatic nitrogens is 3. The summed E-state index contributed by atoms with van der Waals surface area (Å²) < 4.78 is 0. The summed E-state index contributed by atoms with van der Waals surface area (Å²) in [5, 5.41) is 3.06. The molecule has 1 N–H and O–H groups in total. The van der Waals surface area contributed by atoms with Gasteiger partial charge in [-0.05, 0) is 30.5 Å². The van der Waals surface area contributed by atoms with Crippen LogP contribution < -0.4 is 15.1 Å². The molecule has 1 amide bonds. The number of carbonyl (C=O) groups excluding carboxylic acids is 1. The minimum absolute atomic E-state index is 0.0223. The summed E-state index contributed by atoms with van der Waals surface area (Å²) in [4.78, 5) is 29.4. The highest BCUT2D eigenvalue weighted by Crippen LogP contribution is 2.21. The van der Waals surface area contributed by atoms with Gasteiger partial charge in [-0.2, -0.15) is 0 Å². The van der Waals surface area contributed by atoms with E-state index in [0.29, 0.717) is 13.1 Å². The molecule has 0 bridgehead atoms. The van der Waals surface area contributed by atoms with Crippen LogP contribution in [0.5, 0.6) is 0 Å². The minimum atomic E-state index is -0.0223. The van der Waals surface area contributed by atoms with Crippen LogP contribution >= 0.6 is 0 Å². The van der Waals surface area contributed by atoms with E-state index in [1.54, 1.807) is 24.8 Å². The number of hydrogen-bond donors (Lipinski definition) is 1. The van der Waals surface area contributed by atoms with Crippen molar-refractivity contribution in [1.29, 1.82) is 0 Å². The Hall–Kier alpha value is -2.70. The van der Waals surface area contributed by atoms with Gasteiger partial charge in [-0.3, -0.25) is 9.78 Å². The van der Waals surface area contributed by atoms with Crippen LogP contribution in [0.4, 0.5) is 11.6 Å². The van der Waals surface area contributed by atoms with E-state index in [4.69, 9.17) is 0 Å². The third kappa shape index (κ3) is 4.43. The van der Waals surface area contributed by atoms with Gasteiger partial charge in [-0.15, -0.1) is 0 Å². The van der Waals surface area contributed by atoms with Gasteiger partial charge < -0.3 is 15.1 Å². The molecule has 1 fully saturated rings. The Bertz CT molecular complexity index is 706. The second-order valence-electron chi connectivity index (χ2n) is 6.48. The molecule has 2 aromatic heterocycles. The first-order chi connectivity index (χ1) is 12.1. The number of pyridine rings is 1. The predicted molar refractivity (Wildman–Crippen MR) is 97.4 cm³/mol. The van der Waals surface area contributed by atoms with Crippen LogP contribution in [0.1, 0.15) is 18.4 Å². The predicted octanol–water partition coefficient (Wildman–Crippen LogP) is 1.47. The molecule has 1 unspecified atom stereocenters. The van der Waals surface area contributed by atoms with Gasteiger partial charge in [-0.25, -0.2) is 9.97 Å². The average molecular weight is 340 g/mol. The van der Waals surface area contributed by atoms with Gasteiger partial charge in [0.2, 0.25) is 5.91 Å². The fraction of sp³-hybridized carbons (Fsp3) is 0.444. The number of rotatable bonds is 5. The Labute approximate surface area is 148 Å². The SMILES string of the molecule is CN(C)c1cc(CNC(=O)C2CCCN(c3cnccn3)C2)ccn1. The smallest absolute Gasteiger partial charge is 0.225 e. The van der Waals surface area contributed by atoms with Gasteiger partial charge in [0.15, 0.2) is 0 Å². The molecule has 3 heterocycles. The van der Waals surface area contributed by atoms with Crippen LogP contribution in [0.15, 0.2) is 36.9 Å². The van der Waals surface area contributed by atoms with Crippen LogP contribution in [-0.2, 0) is 11.3 Å². The zero-order valence-corrected chi connectivity index (χ0v) is 14.7. The third-order valence-corrected chi connectivity index (χ3v) is 4.40. The van der Waals surface area contributed by atoms with E-state index in [2.05, 4.69) is 25.2 Å². The number of piperidine rings is 1. The topological polar surface area (TPSA) is 74.2 Å². The zero-order chi connectivity index (χ0) is 17.6. The highest BCUT2D eigenvalue weighted by molar-refractivity contribution is 5.79. The normalized spacial score (nSPS) is 17.2. The van der Waals surface area contributed by atoms with E-state index >= 15 is 0 Å². The largest absolute Gasteiger partial charge is 0.363 e. The number of carbonyl (C=O) groups is 1. The highest BCUT2D eigenvalue weighted by atomic mass is 16.1. The fourth-order valence-electron chi connectivity index (χ4n) is 3.00. The summed E-state index contributed by atoms with van der Waals surface area (Å²) in [7, 11) is 3.90. The van der Waals surface area contributed by atoms with Gasteiger partial charge in [0, 0.05) is 52.3 Å². The van der Waals surface area contributed by atoms with Crippen molar-refractivity contribution in [3.05, 3.63) is 42.5 Å². The number of nitrogens with one attached hydrogen (secondary N) is 1. The Morgan fingerprint density at radius 2 is 2.20 bits per heavy atom. The van der Waals surface area contributed by atoms with Crippen LogP contribution in [0.2, 0.25) is 0 Å². The maximum Gasteiger partial charge on any atom is 0.225 e. The quantitative estimate of drug-likeness (QED) is 0.888. The number of anilines is 2. The van der Waals surface area contributed by atoms with Crippen molar-refractivity contribution in [3.8, 4) is 0 Å². The van der Waals surface area contributed by atoms with Crippen LogP contribution in [0.25, 0.3) is 0 Å². The van der Waals surface area contributed by atoms with Crippen molar-refractivity contribution < 1.29 is 4.79 Å². The van der Waals surface area contributed by atoms with Crippen molar-refractivity contribution in [2.24, 2.45) is 5.92 Å². The molecule has 0 aliphatic carbocycles. The van der Waals surface area contributed by atoms with E-state index in [1.807, 2.05) is 31.1 Å².